The van der Waals surface area contributed by atoms with E-state index in [4.69, 9.17) is 4.74 Å². The summed E-state index contributed by atoms with van der Waals surface area (Å²) in [5.41, 5.74) is 1.65. The van der Waals surface area contributed by atoms with Gasteiger partial charge in [-0.15, -0.1) is 0 Å². The predicted octanol–water partition coefficient (Wildman–Crippen LogP) is 4.05. The second-order valence-corrected chi connectivity index (χ2v) is 7.33. The van der Waals surface area contributed by atoms with E-state index in [-0.39, 0.29) is 11.9 Å². The minimum absolute atomic E-state index is 0.256. The van der Waals surface area contributed by atoms with E-state index >= 15 is 0 Å². The van der Waals surface area contributed by atoms with Crippen LogP contribution < -0.4 is 16.0 Å². The lowest BCUT2D eigenvalue weighted by Crippen LogP contribution is -2.34. The van der Waals surface area contributed by atoms with E-state index in [1.54, 1.807) is 42.6 Å². The number of aromatic nitrogens is 1. The fraction of sp³-hybridized carbons (Fsp3) is 0.409. The number of amides is 3. The molecular formula is C22H28N4O3. The number of anilines is 2. The van der Waals surface area contributed by atoms with Crippen molar-refractivity contribution in [3.05, 3.63) is 54.4 Å². The van der Waals surface area contributed by atoms with E-state index in [1.165, 1.54) is 25.5 Å². The van der Waals surface area contributed by atoms with Gasteiger partial charge in [0.1, 0.15) is 0 Å². The van der Waals surface area contributed by atoms with Crippen molar-refractivity contribution in [2.45, 2.75) is 38.7 Å². The summed E-state index contributed by atoms with van der Waals surface area (Å²) < 4.78 is 5.91. The Morgan fingerprint density at radius 2 is 1.90 bits per heavy atom. The maximum absolute atomic E-state index is 12.2. The monoisotopic (exact) mass is 396 g/mol. The molecule has 154 valence electrons. The number of carbonyl (C=O) groups excluding carboxylic acids is 2. The Labute approximate surface area is 171 Å². The van der Waals surface area contributed by atoms with Gasteiger partial charge in [0.05, 0.1) is 18.3 Å². The summed E-state index contributed by atoms with van der Waals surface area (Å²) in [5, 5.41) is 8.37. The molecule has 7 nitrogen and oxygen atoms in total. The first-order valence-electron chi connectivity index (χ1n) is 10.1. The van der Waals surface area contributed by atoms with E-state index in [0.717, 1.165) is 6.42 Å². The van der Waals surface area contributed by atoms with Gasteiger partial charge in [0.25, 0.3) is 5.91 Å². The van der Waals surface area contributed by atoms with E-state index in [0.29, 0.717) is 42.1 Å². The zero-order valence-corrected chi connectivity index (χ0v) is 16.7. The lowest BCUT2D eigenvalue weighted by atomic mass is 9.88. The molecule has 1 saturated carbocycles. The molecule has 2 aromatic rings. The van der Waals surface area contributed by atoms with Gasteiger partial charge in [0.2, 0.25) is 0 Å². The normalized spacial score (nSPS) is 18.7. The average Bonchev–Trinajstić information content (AvgIpc) is 2.73. The Morgan fingerprint density at radius 1 is 1.10 bits per heavy atom. The molecule has 29 heavy (non-hydrogen) atoms. The number of benzene rings is 1. The van der Waals surface area contributed by atoms with Crippen LogP contribution in [-0.2, 0) is 4.74 Å². The predicted molar refractivity (Wildman–Crippen MR) is 113 cm³/mol. The first-order chi connectivity index (χ1) is 14.1. The molecule has 1 fully saturated rings. The van der Waals surface area contributed by atoms with E-state index in [9.17, 15) is 9.59 Å². The Kier molecular flexibility index (Phi) is 7.58. The maximum atomic E-state index is 12.2. The molecule has 1 aliphatic rings. The van der Waals surface area contributed by atoms with E-state index < -0.39 is 0 Å². The standard InChI is InChI=1S/C22H28N4O3/c1-16-6-2-3-10-20(16)29-13-12-24-22(28)26-19-9-4-8-18(14-19)25-21(27)17-7-5-11-23-15-17/h4-5,7-9,11,14-16,20H,2-3,6,10,12-13H2,1H3,(H,25,27)(H2,24,26,28)/t16-,20+/m1/s1. The number of hydrogen-bond acceptors (Lipinski definition) is 4. The first-order valence-corrected chi connectivity index (χ1v) is 10.1. The molecular weight excluding hydrogens is 368 g/mol. The molecule has 0 bridgehead atoms. The van der Waals surface area contributed by atoms with Crippen LogP contribution in [0.4, 0.5) is 16.2 Å². The van der Waals surface area contributed by atoms with Crippen molar-refractivity contribution in [1.29, 1.82) is 0 Å². The van der Waals surface area contributed by atoms with Gasteiger partial charge in [-0.05, 0) is 49.1 Å². The average molecular weight is 396 g/mol. The molecule has 3 amide bonds. The molecule has 0 radical (unpaired) electrons. The molecule has 1 aliphatic carbocycles. The number of pyridine rings is 1. The Hall–Kier alpha value is -2.93. The van der Waals surface area contributed by atoms with E-state index in [1.807, 2.05) is 0 Å². The number of ether oxygens (including phenoxy) is 1. The van der Waals surface area contributed by atoms with Crippen molar-refractivity contribution in [2.24, 2.45) is 5.92 Å². The van der Waals surface area contributed by atoms with Crippen LogP contribution in [0.1, 0.15) is 43.0 Å². The summed E-state index contributed by atoms with van der Waals surface area (Å²) >= 11 is 0. The summed E-state index contributed by atoms with van der Waals surface area (Å²) in [6, 6.07) is 10.1. The van der Waals surface area contributed by atoms with Crippen LogP contribution in [0.5, 0.6) is 0 Å². The van der Waals surface area contributed by atoms with Crippen LogP contribution in [0.2, 0.25) is 0 Å². The summed E-state index contributed by atoms with van der Waals surface area (Å²) in [6.45, 7) is 3.18. The van der Waals surface area contributed by atoms with Gasteiger partial charge in [-0.25, -0.2) is 4.79 Å². The lowest BCUT2D eigenvalue weighted by molar-refractivity contribution is -0.00232. The van der Waals surface area contributed by atoms with Gasteiger partial charge in [-0.2, -0.15) is 0 Å². The quantitative estimate of drug-likeness (QED) is 0.616. The van der Waals surface area contributed by atoms with Crippen molar-refractivity contribution >= 4 is 23.3 Å². The molecule has 7 heteroatoms. The van der Waals surface area contributed by atoms with Crippen molar-refractivity contribution in [3.63, 3.8) is 0 Å². The number of nitrogens with zero attached hydrogens (tertiary/aromatic N) is 1. The number of nitrogens with one attached hydrogen (secondary N) is 3. The Morgan fingerprint density at radius 3 is 2.66 bits per heavy atom. The van der Waals surface area contributed by atoms with Gasteiger partial charge < -0.3 is 20.7 Å². The molecule has 1 aromatic heterocycles. The second kappa shape index (κ2) is 10.6. The topological polar surface area (TPSA) is 92.4 Å². The van der Waals surface area contributed by atoms with E-state index in [2.05, 4.69) is 27.9 Å². The van der Waals surface area contributed by atoms with Crippen LogP contribution in [0, 0.1) is 5.92 Å². The molecule has 2 atom stereocenters. The third kappa shape index (κ3) is 6.57. The highest BCUT2D eigenvalue weighted by Gasteiger charge is 2.21. The van der Waals surface area contributed by atoms with Crippen LogP contribution in [-0.4, -0.2) is 36.2 Å². The number of urea groups is 1. The number of carbonyl (C=O) groups is 2. The number of rotatable bonds is 7. The fourth-order valence-corrected chi connectivity index (χ4v) is 3.46. The highest BCUT2D eigenvalue weighted by molar-refractivity contribution is 6.04. The zero-order valence-electron chi connectivity index (χ0n) is 16.7. The van der Waals surface area contributed by atoms with Crippen molar-refractivity contribution in [1.82, 2.24) is 10.3 Å². The molecule has 1 heterocycles. The molecule has 0 spiro atoms. The maximum Gasteiger partial charge on any atom is 0.319 e. The van der Waals surface area contributed by atoms with Crippen LogP contribution >= 0.6 is 0 Å². The van der Waals surface area contributed by atoms with Crippen molar-refractivity contribution in [3.8, 4) is 0 Å². The summed E-state index contributed by atoms with van der Waals surface area (Å²) in [4.78, 5) is 28.3. The third-order valence-electron chi connectivity index (χ3n) is 5.05. The molecule has 1 aromatic carbocycles. The third-order valence-corrected chi connectivity index (χ3v) is 5.05. The minimum Gasteiger partial charge on any atom is -0.376 e. The molecule has 3 rings (SSSR count). The SMILES string of the molecule is C[C@@H]1CCCC[C@@H]1OCCNC(=O)Nc1cccc(NC(=O)c2cccnc2)c1. The Balaban J connectivity index is 1.42. The largest absolute Gasteiger partial charge is 0.376 e. The van der Waals surface area contributed by atoms with Gasteiger partial charge in [-0.1, -0.05) is 25.8 Å². The highest BCUT2D eigenvalue weighted by Crippen LogP contribution is 2.26. The Bertz CT molecular complexity index is 813. The highest BCUT2D eigenvalue weighted by atomic mass is 16.5. The summed E-state index contributed by atoms with van der Waals surface area (Å²) in [7, 11) is 0. The van der Waals surface area contributed by atoms with Gasteiger partial charge in [0.15, 0.2) is 0 Å². The summed E-state index contributed by atoms with van der Waals surface area (Å²) in [6.07, 6.45) is 8.23. The molecule has 0 unspecified atom stereocenters. The fourth-order valence-electron chi connectivity index (χ4n) is 3.46. The van der Waals surface area contributed by atoms with Crippen molar-refractivity contribution < 1.29 is 14.3 Å². The summed E-state index contributed by atoms with van der Waals surface area (Å²) in [5.74, 6) is 0.330. The van der Waals surface area contributed by atoms with Crippen molar-refractivity contribution in [2.75, 3.05) is 23.8 Å². The van der Waals surface area contributed by atoms with Crippen LogP contribution in [0.3, 0.4) is 0 Å². The van der Waals surface area contributed by atoms with Gasteiger partial charge in [-0.3, -0.25) is 9.78 Å². The molecule has 0 saturated heterocycles. The first kappa shape index (κ1) is 20.8. The van der Waals surface area contributed by atoms with Crippen LogP contribution in [0.25, 0.3) is 0 Å². The lowest BCUT2D eigenvalue weighted by Gasteiger charge is -2.28. The second-order valence-electron chi connectivity index (χ2n) is 7.33. The number of hydrogen-bond donors (Lipinski definition) is 3. The molecule has 3 N–H and O–H groups in total. The van der Waals surface area contributed by atoms with Crippen LogP contribution in [0.15, 0.2) is 48.8 Å². The smallest absolute Gasteiger partial charge is 0.319 e. The van der Waals surface area contributed by atoms with Gasteiger partial charge >= 0.3 is 6.03 Å². The molecule has 0 aliphatic heterocycles. The zero-order chi connectivity index (χ0) is 20.5. The van der Waals surface area contributed by atoms with Gasteiger partial charge in [0, 0.05) is 30.3 Å². The minimum atomic E-state index is -0.305.